The summed E-state index contributed by atoms with van der Waals surface area (Å²) in [5, 5.41) is 1.04. The van der Waals surface area contributed by atoms with E-state index in [0.717, 1.165) is 23.3 Å². The van der Waals surface area contributed by atoms with Crippen LogP contribution >= 0.6 is 0 Å². The standard InChI is InChI=1S/C17H19F3N2O3/c1-10(23)21-4-2-14(15(20)9-21)17(24)22-16(3-5-25-22)11-6-12(18)8-13(19)7-11/h6-8,14-16H,2-5,9H2,1H3. The van der Waals surface area contributed by atoms with Crippen LogP contribution in [0.5, 0.6) is 0 Å². The van der Waals surface area contributed by atoms with E-state index in [9.17, 15) is 22.8 Å². The van der Waals surface area contributed by atoms with Crippen molar-refractivity contribution in [1.82, 2.24) is 9.96 Å². The lowest BCUT2D eigenvalue weighted by Gasteiger charge is -2.35. The predicted octanol–water partition coefficient (Wildman–Crippen LogP) is 2.38. The predicted molar refractivity (Wildman–Crippen MR) is 81.8 cm³/mol. The number of piperidine rings is 1. The van der Waals surface area contributed by atoms with E-state index in [0.29, 0.717) is 13.0 Å². The lowest BCUT2D eigenvalue weighted by molar-refractivity contribution is -0.186. The molecule has 1 aromatic rings. The number of benzene rings is 1. The van der Waals surface area contributed by atoms with E-state index >= 15 is 0 Å². The van der Waals surface area contributed by atoms with Crippen LogP contribution in [0.1, 0.15) is 31.4 Å². The summed E-state index contributed by atoms with van der Waals surface area (Å²) in [4.78, 5) is 30.7. The van der Waals surface area contributed by atoms with Crippen LogP contribution in [0.15, 0.2) is 18.2 Å². The summed E-state index contributed by atoms with van der Waals surface area (Å²) >= 11 is 0. The zero-order valence-corrected chi connectivity index (χ0v) is 13.8. The highest BCUT2D eigenvalue weighted by atomic mass is 19.1. The van der Waals surface area contributed by atoms with Crippen LogP contribution in [0.2, 0.25) is 0 Å². The van der Waals surface area contributed by atoms with Crippen molar-refractivity contribution in [3.63, 3.8) is 0 Å². The summed E-state index contributed by atoms with van der Waals surface area (Å²) in [5.41, 5.74) is 0.278. The molecule has 0 spiro atoms. The second-order valence-corrected chi connectivity index (χ2v) is 6.38. The van der Waals surface area contributed by atoms with Crippen molar-refractivity contribution in [3.8, 4) is 0 Å². The van der Waals surface area contributed by atoms with Crippen molar-refractivity contribution in [2.45, 2.75) is 32.0 Å². The van der Waals surface area contributed by atoms with Crippen LogP contribution in [0.25, 0.3) is 0 Å². The normalized spacial score (nSPS) is 26.8. The minimum atomic E-state index is -1.50. The summed E-state index contributed by atoms with van der Waals surface area (Å²) < 4.78 is 41.3. The van der Waals surface area contributed by atoms with Crippen LogP contribution in [-0.2, 0) is 14.4 Å². The molecule has 2 aliphatic heterocycles. The molecule has 1 aromatic carbocycles. The number of nitrogens with zero attached hydrogens (tertiary/aromatic N) is 2. The molecule has 2 fully saturated rings. The largest absolute Gasteiger partial charge is 0.340 e. The van der Waals surface area contributed by atoms with E-state index in [1.807, 2.05) is 0 Å². The third kappa shape index (κ3) is 3.63. The fraction of sp³-hybridized carbons (Fsp3) is 0.529. The summed E-state index contributed by atoms with van der Waals surface area (Å²) in [5.74, 6) is -3.21. The van der Waals surface area contributed by atoms with Crippen molar-refractivity contribution < 1.29 is 27.6 Å². The van der Waals surface area contributed by atoms with Gasteiger partial charge in [-0.3, -0.25) is 14.4 Å². The number of halogens is 3. The van der Waals surface area contributed by atoms with Crippen LogP contribution in [0, 0.1) is 17.6 Å². The van der Waals surface area contributed by atoms with E-state index in [-0.39, 0.29) is 31.0 Å². The van der Waals surface area contributed by atoms with Gasteiger partial charge in [0, 0.05) is 26.0 Å². The van der Waals surface area contributed by atoms with Crippen LogP contribution in [0.3, 0.4) is 0 Å². The number of alkyl halides is 1. The van der Waals surface area contributed by atoms with Gasteiger partial charge in [-0.15, -0.1) is 0 Å². The van der Waals surface area contributed by atoms with Crippen molar-refractivity contribution in [2.24, 2.45) is 5.92 Å². The molecule has 25 heavy (non-hydrogen) atoms. The quantitative estimate of drug-likeness (QED) is 0.818. The number of likely N-dealkylation sites (tertiary alicyclic amines) is 1. The Kier molecular flexibility index (Phi) is 4.99. The monoisotopic (exact) mass is 356 g/mol. The summed E-state index contributed by atoms with van der Waals surface area (Å²) in [6.07, 6.45) is -0.944. The maximum absolute atomic E-state index is 14.4. The molecule has 2 amide bonds. The molecule has 0 saturated carbocycles. The molecule has 0 N–H and O–H groups in total. The summed E-state index contributed by atoms with van der Waals surface area (Å²) in [6, 6.07) is 2.39. The van der Waals surface area contributed by atoms with Gasteiger partial charge in [-0.2, -0.15) is 0 Å². The zero-order valence-electron chi connectivity index (χ0n) is 13.8. The van der Waals surface area contributed by atoms with Gasteiger partial charge in [0.2, 0.25) is 5.91 Å². The summed E-state index contributed by atoms with van der Waals surface area (Å²) in [6.45, 7) is 1.71. The zero-order chi connectivity index (χ0) is 18.1. The minimum Gasteiger partial charge on any atom is -0.340 e. The van der Waals surface area contributed by atoms with Gasteiger partial charge >= 0.3 is 0 Å². The van der Waals surface area contributed by atoms with Gasteiger partial charge in [0.1, 0.15) is 17.8 Å². The molecule has 5 nitrogen and oxygen atoms in total. The first-order chi connectivity index (χ1) is 11.9. The van der Waals surface area contributed by atoms with Gasteiger partial charge in [-0.1, -0.05) is 0 Å². The molecule has 8 heteroatoms. The van der Waals surface area contributed by atoms with Gasteiger partial charge in [0.25, 0.3) is 5.91 Å². The maximum Gasteiger partial charge on any atom is 0.252 e. The molecule has 0 radical (unpaired) electrons. The van der Waals surface area contributed by atoms with E-state index in [1.54, 1.807) is 0 Å². The summed E-state index contributed by atoms with van der Waals surface area (Å²) in [7, 11) is 0. The Hall–Kier alpha value is -2.09. The molecule has 136 valence electrons. The van der Waals surface area contributed by atoms with Crippen LogP contribution in [-0.4, -0.2) is 47.6 Å². The first-order valence-corrected chi connectivity index (χ1v) is 8.18. The molecule has 0 bridgehead atoms. The number of rotatable bonds is 2. The van der Waals surface area contributed by atoms with Crippen molar-refractivity contribution in [3.05, 3.63) is 35.4 Å². The van der Waals surface area contributed by atoms with Gasteiger partial charge in [0.05, 0.1) is 25.1 Å². The van der Waals surface area contributed by atoms with Gasteiger partial charge in [-0.05, 0) is 24.1 Å². The second kappa shape index (κ2) is 7.03. The van der Waals surface area contributed by atoms with E-state index in [2.05, 4.69) is 0 Å². The SMILES string of the molecule is CC(=O)N1CCC(C(=O)N2OCCC2c2cc(F)cc(F)c2)C(F)C1. The molecular weight excluding hydrogens is 337 g/mol. The van der Waals surface area contributed by atoms with E-state index < -0.39 is 35.7 Å². The Morgan fingerprint density at radius 3 is 2.44 bits per heavy atom. The highest BCUT2D eigenvalue weighted by Crippen LogP contribution is 2.34. The molecule has 2 saturated heterocycles. The van der Waals surface area contributed by atoms with Gasteiger partial charge in [0.15, 0.2) is 0 Å². The molecule has 2 aliphatic rings. The number of amides is 2. The Balaban J connectivity index is 1.76. The number of carbonyl (C=O) groups is 2. The first-order valence-electron chi connectivity index (χ1n) is 8.18. The Morgan fingerprint density at radius 2 is 1.84 bits per heavy atom. The topological polar surface area (TPSA) is 49.9 Å². The Bertz CT molecular complexity index is 665. The Morgan fingerprint density at radius 1 is 1.16 bits per heavy atom. The second-order valence-electron chi connectivity index (χ2n) is 6.38. The third-order valence-corrected chi connectivity index (χ3v) is 4.70. The van der Waals surface area contributed by atoms with Crippen molar-refractivity contribution in [1.29, 1.82) is 0 Å². The molecular formula is C17H19F3N2O3. The maximum atomic E-state index is 14.4. The van der Waals surface area contributed by atoms with Crippen LogP contribution < -0.4 is 0 Å². The fourth-order valence-electron chi connectivity index (χ4n) is 3.39. The lowest BCUT2D eigenvalue weighted by atomic mass is 9.93. The average Bonchev–Trinajstić information content (AvgIpc) is 3.02. The fourth-order valence-corrected chi connectivity index (χ4v) is 3.39. The number of hydrogen-bond donors (Lipinski definition) is 0. The molecule has 2 heterocycles. The van der Waals surface area contributed by atoms with E-state index in [4.69, 9.17) is 4.84 Å². The number of hydroxylamine groups is 2. The third-order valence-electron chi connectivity index (χ3n) is 4.70. The van der Waals surface area contributed by atoms with E-state index in [1.165, 1.54) is 11.8 Å². The molecule has 0 aliphatic carbocycles. The van der Waals surface area contributed by atoms with Gasteiger partial charge in [-0.25, -0.2) is 18.2 Å². The van der Waals surface area contributed by atoms with Crippen molar-refractivity contribution in [2.75, 3.05) is 19.7 Å². The minimum absolute atomic E-state index is 0.140. The number of hydrogen-bond acceptors (Lipinski definition) is 3. The highest BCUT2D eigenvalue weighted by Gasteiger charge is 2.42. The first kappa shape index (κ1) is 17.7. The lowest BCUT2D eigenvalue weighted by Crippen LogP contribution is -2.49. The molecule has 3 atom stereocenters. The van der Waals surface area contributed by atoms with Crippen molar-refractivity contribution >= 4 is 11.8 Å². The molecule has 0 aromatic heterocycles. The average molecular weight is 356 g/mol. The smallest absolute Gasteiger partial charge is 0.252 e. The highest BCUT2D eigenvalue weighted by molar-refractivity contribution is 5.80. The van der Waals surface area contributed by atoms with Gasteiger partial charge < -0.3 is 4.90 Å². The molecule has 3 unspecified atom stereocenters. The number of carbonyl (C=O) groups excluding carboxylic acids is 2. The Labute approximate surface area is 143 Å². The molecule has 3 rings (SSSR count). The van der Waals surface area contributed by atoms with Crippen LogP contribution in [0.4, 0.5) is 13.2 Å².